The maximum absolute atomic E-state index is 4.93. The van der Waals surface area contributed by atoms with Crippen LogP contribution in [0, 0.1) is 0 Å². The van der Waals surface area contributed by atoms with Gasteiger partial charge in [-0.2, -0.15) is 0 Å². The molecule has 0 bridgehead atoms. The van der Waals surface area contributed by atoms with Crippen molar-refractivity contribution in [2.45, 2.75) is 50.6 Å². The molecule has 2 nitrogen and oxygen atoms in total. The van der Waals surface area contributed by atoms with Gasteiger partial charge in [0.05, 0.1) is 12.1 Å². The number of rotatable bonds is 4. The fourth-order valence-corrected chi connectivity index (χ4v) is 5.37. The van der Waals surface area contributed by atoms with E-state index in [2.05, 4.69) is 73.1 Å². The van der Waals surface area contributed by atoms with Crippen LogP contribution in [0.15, 0.2) is 70.6 Å². The molecule has 3 aromatic rings. The Morgan fingerprint density at radius 1 is 0.655 bits per heavy atom. The van der Waals surface area contributed by atoms with Gasteiger partial charge in [-0.25, -0.2) is 0 Å². The van der Waals surface area contributed by atoms with Gasteiger partial charge in [-0.15, -0.1) is 11.3 Å². The quantitative estimate of drug-likeness (QED) is 0.435. The molecule has 0 amide bonds. The van der Waals surface area contributed by atoms with Crippen LogP contribution in [0.5, 0.6) is 0 Å². The largest absolute Gasteiger partial charge is 0.284 e. The second-order valence-corrected chi connectivity index (χ2v) is 9.16. The van der Waals surface area contributed by atoms with E-state index >= 15 is 0 Å². The Labute approximate surface area is 177 Å². The standard InChI is InChI=1S/C26H26N2S/c1-3-11-23-19(7-1)9-5-13-25(23)27-17-21-15-16-22(29-21)18-28-26-14-6-10-20-8-2-4-12-24(20)26/h1-4,7-8,11-12,15-18,25-26H,5-6,9-10,13-14H2/t25-,26-/m0/s1. The van der Waals surface area contributed by atoms with E-state index in [1.54, 1.807) is 11.3 Å². The zero-order valence-corrected chi connectivity index (χ0v) is 17.4. The fraction of sp³-hybridized carbons (Fsp3) is 0.308. The van der Waals surface area contributed by atoms with Gasteiger partial charge in [-0.05, 0) is 72.9 Å². The maximum atomic E-state index is 4.93. The molecular formula is C26H26N2S. The minimum atomic E-state index is 0.304. The van der Waals surface area contributed by atoms with Crippen molar-refractivity contribution in [3.63, 3.8) is 0 Å². The van der Waals surface area contributed by atoms with E-state index in [1.807, 2.05) is 0 Å². The highest BCUT2D eigenvalue weighted by molar-refractivity contribution is 7.15. The molecule has 146 valence electrons. The van der Waals surface area contributed by atoms with Crippen LogP contribution in [0.1, 0.15) is 69.8 Å². The molecule has 2 atom stereocenters. The third kappa shape index (κ3) is 4.11. The van der Waals surface area contributed by atoms with Crippen molar-refractivity contribution in [1.29, 1.82) is 0 Å². The first-order valence-electron chi connectivity index (χ1n) is 10.7. The van der Waals surface area contributed by atoms with E-state index in [1.165, 1.54) is 57.7 Å². The number of aryl methyl sites for hydroxylation is 2. The summed E-state index contributed by atoms with van der Waals surface area (Å²) in [6.07, 6.45) is 11.2. The van der Waals surface area contributed by atoms with Crippen LogP contribution >= 0.6 is 11.3 Å². The Balaban J connectivity index is 1.29. The van der Waals surface area contributed by atoms with Crippen molar-refractivity contribution in [2.24, 2.45) is 9.98 Å². The monoisotopic (exact) mass is 398 g/mol. The summed E-state index contributed by atoms with van der Waals surface area (Å²) in [5.74, 6) is 0. The Morgan fingerprint density at radius 3 is 1.66 bits per heavy atom. The fourth-order valence-electron chi connectivity index (χ4n) is 4.60. The topological polar surface area (TPSA) is 24.7 Å². The van der Waals surface area contributed by atoms with Gasteiger partial charge in [-0.3, -0.25) is 9.98 Å². The van der Waals surface area contributed by atoms with Crippen molar-refractivity contribution >= 4 is 23.8 Å². The van der Waals surface area contributed by atoms with E-state index in [-0.39, 0.29) is 0 Å². The lowest BCUT2D eigenvalue weighted by Gasteiger charge is -2.22. The minimum absolute atomic E-state index is 0.304. The van der Waals surface area contributed by atoms with Crippen molar-refractivity contribution in [2.75, 3.05) is 0 Å². The van der Waals surface area contributed by atoms with Gasteiger partial charge in [0.2, 0.25) is 0 Å². The summed E-state index contributed by atoms with van der Waals surface area (Å²) in [5, 5.41) is 0. The highest BCUT2D eigenvalue weighted by Gasteiger charge is 2.19. The van der Waals surface area contributed by atoms with E-state index in [9.17, 15) is 0 Å². The summed E-state index contributed by atoms with van der Waals surface area (Å²) in [7, 11) is 0. The highest BCUT2D eigenvalue weighted by Crippen LogP contribution is 2.33. The van der Waals surface area contributed by atoms with Crippen LogP contribution < -0.4 is 0 Å². The third-order valence-corrected chi connectivity index (χ3v) is 7.04. The Kier molecular flexibility index (Phi) is 5.40. The van der Waals surface area contributed by atoms with E-state index in [4.69, 9.17) is 9.98 Å². The highest BCUT2D eigenvalue weighted by atomic mass is 32.1. The number of fused-ring (bicyclic) bond motifs is 2. The van der Waals surface area contributed by atoms with Crippen molar-refractivity contribution in [1.82, 2.24) is 0 Å². The van der Waals surface area contributed by atoms with E-state index in [0.29, 0.717) is 12.1 Å². The maximum Gasteiger partial charge on any atom is 0.0752 e. The van der Waals surface area contributed by atoms with Crippen LogP contribution in [-0.4, -0.2) is 12.4 Å². The second kappa shape index (κ2) is 8.46. The number of aliphatic imine (C=N–C) groups is 2. The van der Waals surface area contributed by atoms with Gasteiger partial charge in [0.1, 0.15) is 0 Å². The predicted octanol–water partition coefficient (Wildman–Crippen LogP) is 6.74. The number of hydrogen-bond acceptors (Lipinski definition) is 3. The second-order valence-electron chi connectivity index (χ2n) is 8.01. The lowest BCUT2D eigenvalue weighted by atomic mass is 9.88. The Bertz CT molecular complexity index is 964. The van der Waals surface area contributed by atoms with Gasteiger partial charge in [-0.1, -0.05) is 48.5 Å². The molecule has 3 heteroatoms. The van der Waals surface area contributed by atoms with Gasteiger partial charge in [0, 0.05) is 22.2 Å². The lowest BCUT2D eigenvalue weighted by molar-refractivity contribution is 0.574. The first-order valence-corrected chi connectivity index (χ1v) is 11.5. The Morgan fingerprint density at radius 2 is 1.14 bits per heavy atom. The molecule has 0 spiro atoms. The summed E-state index contributed by atoms with van der Waals surface area (Å²) in [6, 6.07) is 22.5. The van der Waals surface area contributed by atoms with Crippen molar-refractivity contribution in [3.05, 3.63) is 92.7 Å². The summed E-state index contributed by atoms with van der Waals surface area (Å²) in [4.78, 5) is 12.3. The zero-order chi connectivity index (χ0) is 19.5. The van der Waals surface area contributed by atoms with Crippen LogP contribution in [0.3, 0.4) is 0 Å². The lowest BCUT2D eigenvalue weighted by Crippen LogP contribution is -2.07. The molecule has 5 rings (SSSR count). The molecule has 0 radical (unpaired) electrons. The summed E-state index contributed by atoms with van der Waals surface area (Å²) >= 11 is 1.77. The number of nitrogens with zero attached hydrogens (tertiary/aromatic N) is 2. The zero-order valence-electron chi connectivity index (χ0n) is 16.6. The molecule has 0 saturated carbocycles. The number of hydrogen-bond donors (Lipinski definition) is 0. The van der Waals surface area contributed by atoms with E-state index < -0.39 is 0 Å². The molecule has 29 heavy (non-hydrogen) atoms. The van der Waals surface area contributed by atoms with Crippen molar-refractivity contribution < 1.29 is 0 Å². The predicted molar refractivity (Wildman–Crippen MR) is 124 cm³/mol. The van der Waals surface area contributed by atoms with Gasteiger partial charge < -0.3 is 0 Å². The SMILES string of the molecule is C(=N[C@H]1CCCc2ccccc21)c1ccc(C=N[C@H]2CCCc3ccccc32)s1. The van der Waals surface area contributed by atoms with Crippen LogP contribution in [0.2, 0.25) is 0 Å². The molecule has 0 fully saturated rings. The van der Waals surface area contributed by atoms with Gasteiger partial charge in [0.25, 0.3) is 0 Å². The molecule has 2 aliphatic rings. The molecule has 1 heterocycles. The van der Waals surface area contributed by atoms with E-state index in [0.717, 1.165) is 12.8 Å². The minimum Gasteiger partial charge on any atom is -0.284 e. The smallest absolute Gasteiger partial charge is 0.0752 e. The first kappa shape index (κ1) is 18.5. The van der Waals surface area contributed by atoms with Gasteiger partial charge in [0.15, 0.2) is 0 Å². The van der Waals surface area contributed by atoms with Crippen LogP contribution in [0.4, 0.5) is 0 Å². The summed E-state index contributed by atoms with van der Waals surface area (Å²) < 4.78 is 0. The molecule has 0 aliphatic heterocycles. The molecular weight excluding hydrogens is 372 g/mol. The first-order chi connectivity index (χ1) is 14.4. The Hall–Kier alpha value is -2.52. The van der Waals surface area contributed by atoms with Crippen LogP contribution in [-0.2, 0) is 12.8 Å². The molecule has 0 N–H and O–H groups in total. The summed E-state index contributed by atoms with van der Waals surface area (Å²) in [5.41, 5.74) is 5.74. The average Bonchev–Trinajstić information content (AvgIpc) is 3.24. The normalized spacial score (nSPS) is 21.4. The molecule has 1 aromatic heterocycles. The van der Waals surface area contributed by atoms with Crippen LogP contribution in [0.25, 0.3) is 0 Å². The molecule has 0 unspecified atom stereocenters. The molecule has 0 saturated heterocycles. The summed E-state index contributed by atoms with van der Waals surface area (Å²) in [6.45, 7) is 0. The number of benzene rings is 2. The molecule has 2 aliphatic carbocycles. The molecule has 2 aromatic carbocycles. The van der Waals surface area contributed by atoms with Crippen molar-refractivity contribution in [3.8, 4) is 0 Å². The number of thiophene rings is 1. The average molecular weight is 399 g/mol. The van der Waals surface area contributed by atoms with Gasteiger partial charge >= 0.3 is 0 Å². The third-order valence-electron chi connectivity index (χ3n) is 6.09.